The van der Waals surface area contributed by atoms with Crippen molar-refractivity contribution in [2.45, 2.75) is 19.9 Å². The molecule has 5 nitrogen and oxygen atoms in total. The van der Waals surface area contributed by atoms with Crippen molar-refractivity contribution in [3.05, 3.63) is 16.1 Å². The smallest absolute Gasteiger partial charge is 0.234 e. The quantitative estimate of drug-likeness (QED) is 0.781. The van der Waals surface area contributed by atoms with Gasteiger partial charge in [0.1, 0.15) is 0 Å². The standard InChI is InChI=1S/C11H19N3O2S/c1-8(10-7-17-9(2)13-10)12-11(16)6-14(3)4-5-15/h7-8,15H,4-6H2,1-3H3,(H,12,16). The average molecular weight is 257 g/mol. The van der Waals surface area contributed by atoms with Crippen LogP contribution in [0, 0.1) is 6.92 Å². The molecule has 0 radical (unpaired) electrons. The molecule has 0 saturated heterocycles. The van der Waals surface area contributed by atoms with E-state index in [0.29, 0.717) is 6.54 Å². The summed E-state index contributed by atoms with van der Waals surface area (Å²) in [5.41, 5.74) is 0.894. The molecule has 1 atom stereocenters. The van der Waals surface area contributed by atoms with E-state index in [4.69, 9.17) is 5.11 Å². The maximum absolute atomic E-state index is 11.7. The van der Waals surface area contributed by atoms with Crippen molar-refractivity contribution in [1.29, 1.82) is 0 Å². The van der Waals surface area contributed by atoms with Crippen molar-refractivity contribution in [1.82, 2.24) is 15.2 Å². The molecule has 1 aromatic rings. The summed E-state index contributed by atoms with van der Waals surface area (Å²) in [5, 5.41) is 14.6. The summed E-state index contributed by atoms with van der Waals surface area (Å²) >= 11 is 1.58. The van der Waals surface area contributed by atoms with Crippen LogP contribution >= 0.6 is 11.3 Å². The Bertz CT molecular complexity index is 367. The summed E-state index contributed by atoms with van der Waals surface area (Å²) in [7, 11) is 1.80. The van der Waals surface area contributed by atoms with Gasteiger partial charge >= 0.3 is 0 Å². The first-order valence-corrected chi connectivity index (χ1v) is 6.41. The van der Waals surface area contributed by atoms with E-state index in [0.717, 1.165) is 10.7 Å². The first kappa shape index (κ1) is 14.1. The second-order valence-corrected chi connectivity index (χ2v) is 5.10. The summed E-state index contributed by atoms with van der Waals surface area (Å²) in [4.78, 5) is 17.8. The molecular formula is C11H19N3O2S. The number of likely N-dealkylation sites (N-methyl/N-ethyl adjacent to an activating group) is 1. The minimum Gasteiger partial charge on any atom is -0.395 e. The van der Waals surface area contributed by atoms with Crippen molar-refractivity contribution >= 4 is 17.2 Å². The highest BCUT2D eigenvalue weighted by Gasteiger charge is 2.13. The van der Waals surface area contributed by atoms with E-state index in [-0.39, 0.29) is 25.1 Å². The fraction of sp³-hybridized carbons (Fsp3) is 0.636. The molecule has 1 heterocycles. The van der Waals surface area contributed by atoms with Gasteiger partial charge in [-0.25, -0.2) is 4.98 Å². The van der Waals surface area contributed by atoms with Crippen LogP contribution in [0.4, 0.5) is 0 Å². The van der Waals surface area contributed by atoms with Crippen molar-refractivity contribution < 1.29 is 9.90 Å². The highest BCUT2D eigenvalue weighted by Crippen LogP contribution is 2.15. The molecule has 17 heavy (non-hydrogen) atoms. The van der Waals surface area contributed by atoms with Gasteiger partial charge in [0.2, 0.25) is 5.91 Å². The average Bonchev–Trinajstić information content (AvgIpc) is 2.64. The van der Waals surface area contributed by atoms with Gasteiger partial charge in [-0.2, -0.15) is 0 Å². The first-order chi connectivity index (χ1) is 8.02. The Morgan fingerprint density at radius 3 is 2.94 bits per heavy atom. The number of nitrogens with zero attached hydrogens (tertiary/aromatic N) is 2. The Morgan fingerprint density at radius 2 is 2.41 bits per heavy atom. The van der Waals surface area contributed by atoms with Gasteiger partial charge in [0.15, 0.2) is 0 Å². The van der Waals surface area contributed by atoms with Crippen LogP contribution in [0.15, 0.2) is 5.38 Å². The number of amides is 1. The molecule has 96 valence electrons. The van der Waals surface area contributed by atoms with Crippen molar-refractivity contribution in [3.8, 4) is 0 Å². The summed E-state index contributed by atoms with van der Waals surface area (Å²) in [6, 6.07) is -0.0741. The summed E-state index contributed by atoms with van der Waals surface area (Å²) in [6.45, 7) is 4.70. The van der Waals surface area contributed by atoms with Gasteiger partial charge < -0.3 is 10.4 Å². The van der Waals surface area contributed by atoms with Crippen LogP contribution in [0.3, 0.4) is 0 Å². The van der Waals surface area contributed by atoms with E-state index in [1.807, 2.05) is 19.2 Å². The van der Waals surface area contributed by atoms with Crippen LogP contribution in [0.2, 0.25) is 0 Å². The first-order valence-electron chi connectivity index (χ1n) is 5.53. The van der Waals surface area contributed by atoms with Crippen molar-refractivity contribution in [3.63, 3.8) is 0 Å². The number of carbonyl (C=O) groups excluding carboxylic acids is 1. The predicted octanol–water partition coefficient (Wildman–Crippen LogP) is 0.553. The predicted molar refractivity (Wildman–Crippen MR) is 68.0 cm³/mol. The van der Waals surface area contributed by atoms with Gasteiger partial charge in [0.05, 0.1) is 29.9 Å². The van der Waals surface area contributed by atoms with E-state index >= 15 is 0 Å². The second kappa shape index (κ2) is 6.68. The topological polar surface area (TPSA) is 65.5 Å². The number of hydrogen-bond donors (Lipinski definition) is 2. The van der Waals surface area contributed by atoms with Crippen LogP contribution in [-0.4, -0.2) is 47.6 Å². The highest BCUT2D eigenvalue weighted by molar-refractivity contribution is 7.09. The lowest BCUT2D eigenvalue weighted by atomic mass is 10.2. The molecule has 0 aliphatic carbocycles. The van der Waals surface area contributed by atoms with Crippen molar-refractivity contribution in [2.24, 2.45) is 0 Å². The van der Waals surface area contributed by atoms with Crippen LogP contribution in [-0.2, 0) is 4.79 Å². The number of rotatable bonds is 6. The van der Waals surface area contributed by atoms with Crippen molar-refractivity contribution in [2.75, 3.05) is 26.7 Å². The monoisotopic (exact) mass is 257 g/mol. The number of hydrogen-bond acceptors (Lipinski definition) is 5. The maximum Gasteiger partial charge on any atom is 0.234 e. The lowest BCUT2D eigenvalue weighted by molar-refractivity contribution is -0.122. The zero-order chi connectivity index (χ0) is 12.8. The van der Waals surface area contributed by atoms with Crippen LogP contribution in [0.25, 0.3) is 0 Å². The Labute approximate surface area is 105 Å². The molecule has 0 fully saturated rings. The second-order valence-electron chi connectivity index (χ2n) is 4.04. The molecule has 2 N–H and O–H groups in total. The molecule has 0 aromatic carbocycles. The lowest BCUT2D eigenvalue weighted by Gasteiger charge is -2.17. The number of carbonyl (C=O) groups is 1. The number of aryl methyl sites for hydroxylation is 1. The number of thiazole rings is 1. The zero-order valence-corrected chi connectivity index (χ0v) is 11.3. The third-order valence-corrected chi connectivity index (χ3v) is 3.14. The third kappa shape index (κ3) is 4.80. The highest BCUT2D eigenvalue weighted by atomic mass is 32.1. The van der Waals surface area contributed by atoms with E-state index in [2.05, 4.69) is 10.3 Å². The summed E-state index contributed by atoms with van der Waals surface area (Å²) in [5.74, 6) is -0.0564. The van der Waals surface area contributed by atoms with Crippen LogP contribution in [0.1, 0.15) is 23.7 Å². The number of aliphatic hydroxyl groups is 1. The molecule has 6 heteroatoms. The van der Waals surface area contributed by atoms with E-state index in [1.165, 1.54) is 0 Å². The molecule has 0 spiro atoms. The molecule has 0 bridgehead atoms. The SMILES string of the molecule is Cc1nc(C(C)NC(=O)CN(C)CCO)cs1. The van der Waals surface area contributed by atoms with Gasteiger partial charge in [0, 0.05) is 11.9 Å². The van der Waals surface area contributed by atoms with Gasteiger partial charge in [-0.1, -0.05) is 0 Å². The Hall–Kier alpha value is -0.980. The summed E-state index contributed by atoms with van der Waals surface area (Å²) < 4.78 is 0. The molecular weight excluding hydrogens is 238 g/mol. The number of aliphatic hydroxyl groups excluding tert-OH is 1. The van der Waals surface area contributed by atoms with Crippen LogP contribution < -0.4 is 5.32 Å². The molecule has 1 aromatic heterocycles. The van der Waals surface area contributed by atoms with E-state index in [1.54, 1.807) is 23.3 Å². The normalized spacial score (nSPS) is 12.8. The molecule has 0 aliphatic heterocycles. The van der Waals surface area contributed by atoms with Gasteiger partial charge in [0.25, 0.3) is 0 Å². The largest absolute Gasteiger partial charge is 0.395 e. The van der Waals surface area contributed by atoms with Gasteiger partial charge in [-0.05, 0) is 20.9 Å². The molecule has 0 saturated carbocycles. The zero-order valence-electron chi connectivity index (χ0n) is 10.4. The Morgan fingerprint density at radius 1 is 1.71 bits per heavy atom. The summed E-state index contributed by atoms with van der Waals surface area (Å²) in [6.07, 6.45) is 0. The molecule has 1 rings (SSSR count). The Kier molecular flexibility index (Phi) is 5.54. The molecule has 1 amide bonds. The fourth-order valence-corrected chi connectivity index (χ4v) is 2.14. The number of aromatic nitrogens is 1. The molecule has 0 aliphatic rings. The molecule has 1 unspecified atom stereocenters. The van der Waals surface area contributed by atoms with E-state index < -0.39 is 0 Å². The van der Waals surface area contributed by atoms with E-state index in [9.17, 15) is 4.79 Å². The lowest BCUT2D eigenvalue weighted by Crippen LogP contribution is -2.37. The van der Waals surface area contributed by atoms with Crippen LogP contribution in [0.5, 0.6) is 0 Å². The third-order valence-electron chi connectivity index (χ3n) is 2.35. The minimum absolute atomic E-state index is 0.0564. The minimum atomic E-state index is -0.0741. The Balaban J connectivity index is 2.40. The number of nitrogens with one attached hydrogen (secondary N) is 1. The van der Waals surface area contributed by atoms with Gasteiger partial charge in [-0.3, -0.25) is 9.69 Å². The maximum atomic E-state index is 11.7. The fourth-order valence-electron chi connectivity index (χ4n) is 1.44. The van der Waals surface area contributed by atoms with Gasteiger partial charge in [-0.15, -0.1) is 11.3 Å².